The van der Waals surface area contributed by atoms with E-state index in [0.29, 0.717) is 12.8 Å². The molecule has 1 aromatic heterocycles. The lowest BCUT2D eigenvalue weighted by Gasteiger charge is -2.28. The number of nitrogens with one attached hydrogen (secondary N) is 1. The average molecular weight is 391 g/mol. The van der Waals surface area contributed by atoms with Crippen LogP contribution in [-0.4, -0.2) is 33.0 Å². The minimum atomic E-state index is -0.259. The number of rotatable bonds is 3. The van der Waals surface area contributed by atoms with Gasteiger partial charge in [-0.05, 0) is 37.5 Å². The van der Waals surface area contributed by atoms with Crippen molar-refractivity contribution in [3.63, 3.8) is 0 Å². The van der Waals surface area contributed by atoms with Crippen LogP contribution in [0, 0.1) is 19.3 Å². The first-order valence-corrected chi connectivity index (χ1v) is 9.44. The molecule has 0 fully saturated rings. The highest BCUT2D eigenvalue weighted by Crippen LogP contribution is 2.35. The predicted molar refractivity (Wildman–Crippen MR) is 115 cm³/mol. The van der Waals surface area contributed by atoms with E-state index >= 15 is 0 Å². The Morgan fingerprint density at radius 2 is 1.79 bits per heavy atom. The van der Waals surface area contributed by atoms with E-state index in [-0.39, 0.29) is 34.4 Å². The summed E-state index contributed by atoms with van der Waals surface area (Å²) in [5.41, 5.74) is 2.33. The molecule has 1 heterocycles. The Labute approximate surface area is 170 Å². The zero-order chi connectivity index (χ0) is 21.0. The van der Waals surface area contributed by atoms with Crippen molar-refractivity contribution < 1.29 is 9.90 Å². The number of benzene rings is 1. The summed E-state index contributed by atoms with van der Waals surface area (Å²) in [6.07, 6.45) is 2.15. The standard InChI is InChI=1S/C22H25N5O2/c1-14-10-15(2)25-21(24-14)27-20(26-16-8-6-5-7-9-16)23-13-17-18(28)11-22(3,4)12-19(17)29/h5-10,13,28H,11-12H2,1-4H3,(H,24,25,26,27)/b23-13+. The largest absolute Gasteiger partial charge is 0.511 e. The number of aliphatic imine (C=N–C) groups is 2. The first-order valence-electron chi connectivity index (χ1n) is 9.44. The number of carbonyl (C=O) groups excluding carboxylic acids is 1. The Morgan fingerprint density at radius 3 is 2.41 bits per heavy atom. The number of aromatic nitrogens is 2. The van der Waals surface area contributed by atoms with Gasteiger partial charge in [0.05, 0.1) is 5.57 Å². The summed E-state index contributed by atoms with van der Waals surface area (Å²) in [7, 11) is 0. The summed E-state index contributed by atoms with van der Waals surface area (Å²) in [6.45, 7) is 7.64. The van der Waals surface area contributed by atoms with Gasteiger partial charge in [0.25, 0.3) is 5.95 Å². The Balaban J connectivity index is 1.96. The van der Waals surface area contributed by atoms with Crippen LogP contribution in [0.4, 0.5) is 11.6 Å². The van der Waals surface area contributed by atoms with E-state index in [4.69, 9.17) is 0 Å². The molecular formula is C22H25N5O2. The molecular weight excluding hydrogens is 366 g/mol. The molecule has 0 unspecified atom stereocenters. The van der Waals surface area contributed by atoms with Gasteiger partial charge >= 0.3 is 0 Å². The minimum absolute atomic E-state index is 0.0525. The summed E-state index contributed by atoms with van der Waals surface area (Å²) in [5, 5.41) is 13.4. The number of aliphatic hydroxyl groups excluding tert-OH is 1. The van der Waals surface area contributed by atoms with Gasteiger partial charge in [0.15, 0.2) is 5.78 Å². The number of Topliss-reactive ketones (excluding diaryl/α,β-unsaturated/α-hetero) is 1. The van der Waals surface area contributed by atoms with E-state index in [1.165, 1.54) is 6.21 Å². The fraction of sp³-hybridized carbons (Fsp3) is 0.318. The van der Waals surface area contributed by atoms with Crippen molar-refractivity contribution in [2.75, 3.05) is 5.32 Å². The second kappa shape index (κ2) is 8.34. The first kappa shape index (κ1) is 20.4. The predicted octanol–water partition coefficient (Wildman–Crippen LogP) is 4.47. The number of aryl methyl sites for hydroxylation is 2. The van der Waals surface area contributed by atoms with Crippen LogP contribution in [0.15, 0.2) is 57.7 Å². The van der Waals surface area contributed by atoms with Gasteiger partial charge in [-0.1, -0.05) is 32.0 Å². The molecule has 0 saturated carbocycles. The van der Waals surface area contributed by atoms with E-state index < -0.39 is 0 Å². The maximum atomic E-state index is 12.4. The van der Waals surface area contributed by atoms with E-state index in [1.54, 1.807) is 0 Å². The summed E-state index contributed by atoms with van der Waals surface area (Å²) in [6, 6.07) is 11.3. The highest BCUT2D eigenvalue weighted by atomic mass is 16.3. The van der Waals surface area contributed by atoms with Crippen molar-refractivity contribution in [1.82, 2.24) is 9.97 Å². The molecule has 1 aliphatic carbocycles. The minimum Gasteiger partial charge on any atom is -0.511 e. The fourth-order valence-electron chi connectivity index (χ4n) is 3.17. The molecule has 3 rings (SSSR count). The third-order valence-electron chi connectivity index (χ3n) is 4.42. The number of nitrogens with zero attached hydrogens (tertiary/aromatic N) is 4. The van der Waals surface area contributed by atoms with Crippen LogP contribution < -0.4 is 5.32 Å². The molecule has 0 aliphatic heterocycles. The van der Waals surface area contributed by atoms with E-state index in [1.807, 2.05) is 64.1 Å². The van der Waals surface area contributed by atoms with Crippen LogP contribution >= 0.6 is 0 Å². The lowest BCUT2D eigenvalue weighted by molar-refractivity contribution is -0.117. The van der Waals surface area contributed by atoms with Gasteiger partial charge in [-0.3, -0.25) is 4.79 Å². The van der Waals surface area contributed by atoms with Crippen molar-refractivity contribution in [3.05, 3.63) is 59.1 Å². The van der Waals surface area contributed by atoms with Crippen LogP contribution in [-0.2, 0) is 4.79 Å². The fourth-order valence-corrected chi connectivity index (χ4v) is 3.17. The topological polar surface area (TPSA) is 99.8 Å². The van der Waals surface area contributed by atoms with Crippen molar-refractivity contribution >= 4 is 29.6 Å². The molecule has 0 saturated heterocycles. The number of hydrogen-bond donors (Lipinski definition) is 2. The van der Waals surface area contributed by atoms with Crippen molar-refractivity contribution in [1.29, 1.82) is 0 Å². The first-order chi connectivity index (χ1) is 13.7. The molecule has 0 bridgehead atoms. The van der Waals surface area contributed by atoms with E-state index in [0.717, 1.165) is 17.1 Å². The lowest BCUT2D eigenvalue weighted by Crippen LogP contribution is -2.26. The second-order valence-electron chi connectivity index (χ2n) is 7.94. The molecule has 2 N–H and O–H groups in total. The number of guanidine groups is 1. The number of anilines is 1. The Bertz CT molecular complexity index is 987. The van der Waals surface area contributed by atoms with Crippen LogP contribution in [0.2, 0.25) is 0 Å². The molecule has 0 radical (unpaired) electrons. The molecule has 7 heteroatoms. The maximum Gasteiger partial charge on any atom is 0.253 e. The van der Waals surface area contributed by atoms with E-state index in [9.17, 15) is 9.90 Å². The summed E-state index contributed by atoms with van der Waals surface area (Å²) in [5.74, 6) is 0.410. The molecule has 150 valence electrons. The SMILES string of the molecule is Cc1cc(C)nc(/N=C(/N=C/C2=C(O)CC(C)(C)CC2=O)Nc2ccccc2)n1. The number of ketones is 1. The van der Waals surface area contributed by atoms with Crippen LogP contribution in [0.1, 0.15) is 38.1 Å². The van der Waals surface area contributed by atoms with Crippen molar-refractivity contribution in [2.24, 2.45) is 15.4 Å². The molecule has 7 nitrogen and oxygen atoms in total. The van der Waals surface area contributed by atoms with Gasteiger partial charge in [0.1, 0.15) is 5.76 Å². The highest BCUT2D eigenvalue weighted by Gasteiger charge is 2.32. The summed E-state index contributed by atoms with van der Waals surface area (Å²) >= 11 is 0. The van der Waals surface area contributed by atoms with Crippen molar-refractivity contribution in [3.8, 4) is 0 Å². The quantitative estimate of drug-likeness (QED) is 0.594. The zero-order valence-corrected chi connectivity index (χ0v) is 17.1. The van der Waals surface area contributed by atoms with Gasteiger partial charge < -0.3 is 10.4 Å². The number of allylic oxidation sites excluding steroid dienone is 2. The van der Waals surface area contributed by atoms with Crippen LogP contribution in [0.25, 0.3) is 0 Å². The second-order valence-corrected chi connectivity index (χ2v) is 7.94. The number of hydrogen-bond acceptors (Lipinski definition) is 5. The molecule has 1 aliphatic rings. The Hall–Kier alpha value is -3.35. The highest BCUT2D eigenvalue weighted by molar-refractivity contribution is 6.17. The third kappa shape index (κ3) is 5.57. The molecule has 0 spiro atoms. The normalized spacial score (nSPS) is 17.1. The van der Waals surface area contributed by atoms with Crippen LogP contribution in [0.5, 0.6) is 0 Å². The number of para-hydroxylation sites is 1. The molecule has 2 aromatic rings. The van der Waals surface area contributed by atoms with Crippen LogP contribution in [0.3, 0.4) is 0 Å². The van der Waals surface area contributed by atoms with Gasteiger partial charge in [-0.25, -0.2) is 15.0 Å². The zero-order valence-electron chi connectivity index (χ0n) is 17.1. The van der Waals surface area contributed by atoms with Gasteiger partial charge in [-0.15, -0.1) is 0 Å². The molecule has 1 aromatic carbocycles. The number of carbonyl (C=O) groups is 1. The van der Waals surface area contributed by atoms with Gasteiger partial charge in [-0.2, -0.15) is 4.99 Å². The van der Waals surface area contributed by atoms with Gasteiger partial charge in [0.2, 0.25) is 5.96 Å². The average Bonchev–Trinajstić information content (AvgIpc) is 2.59. The Kier molecular flexibility index (Phi) is 5.87. The van der Waals surface area contributed by atoms with E-state index in [2.05, 4.69) is 25.3 Å². The third-order valence-corrected chi connectivity index (χ3v) is 4.42. The molecule has 29 heavy (non-hydrogen) atoms. The number of aliphatic hydroxyl groups is 1. The maximum absolute atomic E-state index is 12.4. The molecule has 0 atom stereocenters. The monoisotopic (exact) mass is 391 g/mol. The summed E-state index contributed by atoms with van der Waals surface area (Å²) in [4.78, 5) is 29.8. The summed E-state index contributed by atoms with van der Waals surface area (Å²) < 4.78 is 0. The lowest BCUT2D eigenvalue weighted by atomic mass is 9.77. The van der Waals surface area contributed by atoms with Crippen molar-refractivity contribution in [2.45, 2.75) is 40.5 Å². The smallest absolute Gasteiger partial charge is 0.253 e. The Morgan fingerprint density at radius 1 is 1.14 bits per heavy atom. The molecule has 0 amide bonds. The van der Waals surface area contributed by atoms with Gasteiger partial charge in [0, 0.05) is 36.1 Å².